The van der Waals surface area contributed by atoms with Crippen LogP contribution in [0.15, 0.2) is 67.0 Å². The van der Waals surface area contributed by atoms with Crippen molar-refractivity contribution < 1.29 is 9.18 Å². The van der Waals surface area contributed by atoms with Crippen molar-refractivity contribution in [3.8, 4) is 11.1 Å². The second-order valence-electron chi connectivity index (χ2n) is 6.52. The zero-order chi connectivity index (χ0) is 20.0. The summed E-state index contributed by atoms with van der Waals surface area (Å²) >= 11 is 5.95. The number of pyridine rings is 1. The molecule has 0 atom stereocenters. The Hall–Kier alpha value is -3.71. The molecule has 5 rings (SSSR count). The Balaban J connectivity index is 1.44. The van der Waals surface area contributed by atoms with Gasteiger partial charge in [0.2, 0.25) is 5.95 Å². The van der Waals surface area contributed by atoms with Crippen molar-refractivity contribution in [1.82, 2.24) is 19.4 Å². The summed E-state index contributed by atoms with van der Waals surface area (Å²) in [5.41, 5.74) is 3.75. The Morgan fingerprint density at radius 2 is 1.97 bits per heavy atom. The lowest BCUT2D eigenvalue weighted by Gasteiger charge is -2.03. The van der Waals surface area contributed by atoms with Crippen LogP contribution in [0.3, 0.4) is 0 Å². The first kappa shape index (κ1) is 17.4. The molecule has 0 radical (unpaired) electrons. The number of carbonyl (C=O) groups excluding carboxylic acids is 1. The quantitative estimate of drug-likeness (QED) is 0.447. The summed E-state index contributed by atoms with van der Waals surface area (Å²) < 4.78 is 15.4. The maximum atomic E-state index is 13.7. The van der Waals surface area contributed by atoms with Gasteiger partial charge in [0.1, 0.15) is 17.2 Å². The lowest BCUT2D eigenvalue weighted by Crippen LogP contribution is -2.13. The Kier molecular flexibility index (Phi) is 4.03. The third kappa shape index (κ3) is 3.32. The fourth-order valence-corrected chi connectivity index (χ4v) is 3.40. The summed E-state index contributed by atoms with van der Waals surface area (Å²) in [5, 5.41) is 3.05. The van der Waals surface area contributed by atoms with Gasteiger partial charge in [-0.05, 0) is 53.6 Å². The minimum Gasteiger partial charge on any atom is -0.324 e. The Bertz CT molecular complexity index is 1340. The summed E-state index contributed by atoms with van der Waals surface area (Å²) in [4.78, 5) is 24.3. The van der Waals surface area contributed by atoms with Gasteiger partial charge in [-0.2, -0.15) is 0 Å². The molecule has 0 unspecified atom stereocenters. The van der Waals surface area contributed by atoms with Crippen molar-refractivity contribution in [2.75, 3.05) is 5.32 Å². The van der Waals surface area contributed by atoms with E-state index in [1.165, 1.54) is 12.1 Å². The van der Waals surface area contributed by atoms with E-state index < -0.39 is 5.82 Å². The lowest BCUT2D eigenvalue weighted by molar-refractivity contribution is 0.102. The molecule has 8 heteroatoms. The van der Waals surface area contributed by atoms with E-state index in [2.05, 4.69) is 20.3 Å². The normalized spacial score (nSPS) is 11.2. The number of hydrogen-bond donors (Lipinski definition) is 2. The number of amides is 1. The number of fused-ring (bicyclic) bond motifs is 2. The minimum atomic E-state index is -0.407. The molecule has 3 heterocycles. The van der Waals surface area contributed by atoms with Gasteiger partial charge in [-0.25, -0.2) is 14.4 Å². The first-order valence-corrected chi connectivity index (χ1v) is 9.14. The van der Waals surface area contributed by atoms with E-state index in [0.717, 1.165) is 11.1 Å². The van der Waals surface area contributed by atoms with E-state index in [-0.39, 0.29) is 11.6 Å². The van der Waals surface area contributed by atoms with Gasteiger partial charge in [-0.3, -0.25) is 10.1 Å². The van der Waals surface area contributed by atoms with E-state index in [1.54, 1.807) is 22.7 Å². The largest absolute Gasteiger partial charge is 0.324 e. The number of hydrogen-bond acceptors (Lipinski definition) is 3. The third-order valence-corrected chi connectivity index (χ3v) is 4.73. The zero-order valence-corrected chi connectivity index (χ0v) is 15.6. The second kappa shape index (κ2) is 6.72. The van der Waals surface area contributed by atoms with Gasteiger partial charge >= 0.3 is 0 Å². The van der Waals surface area contributed by atoms with Crippen LogP contribution in [0.4, 0.5) is 10.3 Å². The van der Waals surface area contributed by atoms with Crippen LogP contribution >= 0.6 is 11.6 Å². The van der Waals surface area contributed by atoms with Crippen molar-refractivity contribution in [1.29, 1.82) is 0 Å². The summed E-state index contributed by atoms with van der Waals surface area (Å²) in [7, 11) is 0. The Labute approximate surface area is 169 Å². The minimum absolute atomic E-state index is 0.284. The van der Waals surface area contributed by atoms with E-state index >= 15 is 0 Å². The van der Waals surface area contributed by atoms with Crippen molar-refractivity contribution in [2.45, 2.75) is 0 Å². The number of aromatic nitrogens is 4. The summed E-state index contributed by atoms with van der Waals surface area (Å²) in [6, 6.07) is 15.3. The molecule has 0 bridgehead atoms. The van der Waals surface area contributed by atoms with E-state index in [9.17, 15) is 9.18 Å². The molecule has 0 aliphatic heterocycles. The molecule has 0 aliphatic carbocycles. The fraction of sp³-hybridized carbons (Fsp3) is 0. The predicted octanol–water partition coefficient (Wildman–Crippen LogP) is 4.92. The lowest BCUT2D eigenvalue weighted by atomic mass is 10.1. The maximum Gasteiger partial charge on any atom is 0.278 e. The first-order chi connectivity index (χ1) is 14.0. The van der Waals surface area contributed by atoms with E-state index in [4.69, 9.17) is 11.6 Å². The van der Waals surface area contributed by atoms with Crippen LogP contribution in [-0.4, -0.2) is 25.3 Å². The Morgan fingerprint density at radius 1 is 1.07 bits per heavy atom. The highest BCUT2D eigenvalue weighted by Gasteiger charge is 2.13. The molecule has 142 valence electrons. The molecular formula is C21H13ClFN5O. The number of carbonyl (C=O) groups is 1. The topological polar surface area (TPSA) is 75.1 Å². The molecule has 0 saturated heterocycles. The standard InChI is InChI=1S/C21H13ClFN5O/c22-14-7-13(8-15(23)10-14)12-4-5-16-17(9-12)26-21(25-16)27-20(29)18-11-28-6-2-1-3-19(28)24-18/h1-11H,(H2,25,26,27,29). The number of aromatic amines is 1. The van der Waals surface area contributed by atoms with Crippen molar-refractivity contribution >= 4 is 40.1 Å². The number of H-pyrrole nitrogens is 1. The molecule has 1 amide bonds. The van der Waals surface area contributed by atoms with Gasteiger partial charge in [0.15, 0.2) is 0 Å². The molecule has 29 heavy (non-hydrogen) atoms. The molecule has 0 fully saturated rings. The van der Waals surface area contributed by atoms with Crippen molar-refractivity contribution in [3.63, 3.8) is 0 Å². The van der Waals surface area contributed by atoms with Gasteiger partial charge in [0.05, 0.1) is 11.0 Å². The number of nitrogens with one attached hydrogen (secondary N) is 2. The summed E-state index contributed by atoms with van der Waals surface area (Å²) in [5.74, 6) is -0.476. The smallest absolute Gasteiger partial charge is 0.278 e. The van der Waals surface area contributed by atoms with Crippen LogP contribution in [0.2, 0.25) is 5.02 Å². The van der Waals surface area contributed by atoms with Gasteiger partial charge in [0.25, 0.3) is 5.91 Å². The van der Waals surface area contributed by atoms with Gasteiger partial charge in [0, 0.05) is 17.4 Å². The van der Waals surface area contributed by atoms with Crippen LogP contribution in [-0.2, 0) is 0 Å². The SMILES string of the molecule is O=C(Nc1nc2cc(-c3cc(F)cc(Cl)c3)ccc2[nH]1)c1cn2ccccc2n1. The molecular weight excluding hydrogens is 393 g/mol. The van der Waals surface area contributed by atoms with Crippen LogP contribution in [0, 0.1) is 5.82 Å². The fourth-order valence-electron chi connectivity index (χ4n) is 3.18. The number of rotatable bonds is 3. The highest BCUT2D eigenvalue weighted by molar-refractivity contribution is 6.30. The van der Waals surface area contributed by atoms with E-state index in [0.29, 0.717) is 27.7 Å². The maximum absolute atomic E-state index is 13.7. The molecule has 3 aromatic heterocycles. The van der Waals surface area contributed by atoms with E-state index in [1.807, 2.05) is 36.5 Å². The molecule has 2 aromatic carbocycles. The third-order valence-electron chi connectivity index (χ3n) is 4.51. The molecule has 2 N–H and O–H groups in total. The van der Waals surface area contributed by atoms with Crippen molar-refractivity contribution in [2.24, 2.45) is 0 Å². The van der Waals surface area contributed by atoms with Crippen LogP contribution in [0.25, 0.3) is 27.8 Å². The average Bonchev–Trinajstić information content (AvgIpc) is 3.30. The van der Waals surface area contributed by atoms with Crippen LogP contribution in [0.5, 0.6) is 0 Å². The molecule has 0 aliphatic rings. The van der Waals surface area contributed by atoms with Crippen LogP contribution in [0.1, 0.15) is 10.5 Å². The first-order valence-electron chi connectivity index (χ1n) is 8.76. The molecule has 0 saturated carbocycles. The zero-order valence-electron chi connectivity index (χ0n) is 14.9. The highest BCUT2D eigenvalue weighted by atomic mass is 35.5. The average molecular weight is 406 g/mol. The summed E-state index contributed by atoms with van der Waals surface area (Å²) in [6.07, 6.45) is 3.47. The molecule has 6 nitrogen and oxygen atoms in total. The van der Waals surface area contributed by atoms with Gasteiger partial charge in [-0.15, -0.1) is 0 Å². The van der Waals surface area contributed by atoms with Crippen molar-refractivity contribution in [3.05, 3.63) is 83.5 Å². The predicted molar refractivity (Wildman–Crippen MR) is 110 cm³/mol. The monoisotopic (exact) mass is 405 g/mol. The second-order valence-corrected chi connectivity index (χ2v) is 6.96. The molecule has 0 spiro atoms. The number of anilines is 1. The summed E-state index contributed by atoms with van der Waals surface area (Å²) in [6.45, 7) is 0. The van der Waals surface area contributed by atoms with Crippen LogP contribution < -0.4 is 5.32 Å². The van der Waals surface area contributed by atoms with Gasteiger partial charge < -0.3 is 9.38 Å². The highest BCUT2D eigenvalue weighted by Crippen LogP contribution is 2.27. The van der Waals surface area contributed by atoms with Gasteiger partial charge in [-0.1, -0.05) is 23.7 Å². The number of benzene rings is 2. The molecule has 5 aromatic rings. The number of halogens is 2. The number of imidazole rings is 2. The number of nitrogens with zero attached hydrogens (tertiary/aromatic N) is 3. The Morgan fingerprint density at radius 3 is 2.79 bits per heavy atom.